The summed E-state index contributed by atoms with van der Waals surface area (Å²) in [5, 5.41) is 6.35. The molecule has 0 aliphatic rings. The molecule has 0 unspecified atom stereocenters. The lowest BCUT2D eigenvalue weighted by atomic mass is 10.2. The van der Waals surface area contributed by atoms with E-state index in [4.69, 9.17) is 4.74 Å². The molecule has 0 aromatic heterocycles. The van der Waals surface area contributed by atoms with Gasteiger partial charge in [0.05, 0.1) is 18.0 Å². The van der Waals surface area contributed by atoms with E-state index in [0.717, 1.165) is 22.8 Å². The van der Waals surface area contributed by atoms with Gasteiger partial charge in [-0.25, -0.2) is 0 Å². The number of aryl methyl sites for hydroxylation is 2. The van der Waals surface area contributed by atoms with E-state index in [0.29, 0.717) is 19.4 Å². The van der Waals surface area contributed by atoms with Crippen molar-refractivity contribution in [3.05, 3.63) is 83.9 Å². The number of carbonyl (C=O) groups excluding carboxylic acids is 1. The highest BCUT2D eigenvalue weighted by molar-refractivity contribution is 5.94. The molecular weight excluding hydrogens is 348 g/mol. The first-order chi connectivity index (χ1) is 13.6. The number of nitrogens with one attached hydrogen (secondary N) is 2. The number of ether oxygens (including phenoxy) is 1. The van der Waals surface area contributed by atoms with Crippen LogP contribution in [0.2, 0.25) is 0 Å². The summed E-state index contributed by atoms with van der Waals surface area (Å²) in [4.78, 5) is 12.3. The highest BCUT2D eigenvalue weighted by Gasteiger charge is 2.07. The Kier molecular flexibility index (Phi) is 6.68. The van der Waals surface area contributed by atoms with Gasteiger partial charge in [0.15, 0.2) is 0 Å². The summed E-state index contributed by atoms with van der Waals surface area (Å²) in [6.07, 6.45) is 1.07. The maximum atomic E-state index is 12.3. The van der Waals surface area contributed by atoms with E-state index < -0.39 is 0 Å². The summed E-state index contributed by atoms with van der Waals surface area (Å²) in [7, 11) is 0. The van der Waals surface area contributed by atoms with Gasteiger partial charge in [0.2, 0.25) is 5.91 Å². The van der Waals surface area contributed by atoms with Gasteiger partial charge in [0, 0.05) is 12.1 Å². The molecular formula is C24H26N2O2. The Morgan fingerprint density at radius 1 is 0.821 bits per heavy atom. The molecule has 0 radical (unpaired) electrons. The molecule has 3 aromatic rings. The Hall–Kier alpha value is -3.27. The topological polar surface area (TPSA) is 50.4 Å². The van der Waals surface area contributed by atoms with Gasteiger partial charge in [-0.1, -0.05) is 47.5 Å². The van der Waals surface area contributed by atoms with E-state index in [9.17, 15) is 4.79 Å². The zero-order valence-corrected chi connectivity index (χ0v) is 16.4. The van der Waals surface area contributed by atoms with Crippen LogP contribution in [-0.4, -0.2) is 12.5 Å². The average Bonchev–Trinajstić information content (AvgIpc) is 2.70. The Morgan fingerprint density at radius 2 is 1.43 bits per heavy atom. The quantitative estimate of drug-likeness (QED) is 0.487. The Morgan fingerprint density at radius 3 is 2.11 bits per heavy atom. The van der Waals surface area contributed by atoms with E-state index in [1.807, 2.05) is 67.6 Å². The molecule has 0 aliphatic carbocycles. The largest absolute Gasteiger partial charge is 0.494 e. The number of rotatable bonds is 8. The van der Waals surface area contributed by atoms with E-state index in [-0.39, 0.29) is 5.91 Å². The Balaban J connectivity index is 1.49. The number of hydrogen-bond acceptors (Lipinski definition) is 3. The van der Waals surface area contributed by atoms with Crippen molar-refractivity contribution in [2.24, 2.45) is 0 Å². The molecule has 3 rings (SSSR count). The van der Waals surface area contributed by atoms with Crippen molar-refractivity contribution in [2.45, 2.75) is 26.7 Å². The predicted molar refractivity (Wildman–Crippen MR) is 115 cm³/mol. The molecule has 0 fully saturated rings. The molecule has 2 N–H and O–H groups in total. The molecule has 0 atom stereocenters. The summed E-state index contributed by atoms with van der Waals surface area (Å²) in [6.45, 7) is 4.61. The van der Waals surface area contributed by atoms with Crippen LogP contribution in [0.1, 0.15) is 24.0 Å². The minimum atomic E-state index is -0.0225. The predicted octanol–water partition coefficient (Wildman–Crippen LogP) is 5.84. The third-order valence-corrected chi connectivity index (χ3v) is 4.37. The van der Waals surface area contributed by atoms with Crippen molar-refractivity contribution < 1.29 is 9.53 Å². The fourth-order valence-corrected chi connectivity index (χ4v) is 2.76. The molecule has 0 spiro atoms. The van der Waals surface area contributed by atoms with Gasteiger partial charge >= 0.3 is 0 Å². The lowest BCUT2D eigenvalue weighted by molar-refractivity contribution is -0.116. The van der Waals surface area contributed by atoms with Gasteiger partial charge in [-0.15, -0.1) is 0 Å². The SMILES string of the molecule is Cc1ccc(Nc2ccccc2NC(=O)CCCOc2ccc(C)cc2)cc1. The molecule has 0 aliphatic heterocycles. The summed E-state index contributed by atoms with van der Waals surface area (Å²) in [5.74, 6) is 0.810. The third kappa shape index (κ3) is 5.88. The van der Waals surface area contributed by atoms with Gasteiger partial charge in [0.25, 0.3) is 0 Å². The van der Waals surface area contributed by atoms with E-state index >= 15 is 0 Å². The summed E-state index contributed by atoms with van der Waals surface area (Å²) in [5.41, 5.74) is 5.03. The fraction of sp³-hybridized carbons (Fsp3) is 0.208. The normalized spacial score (nSPS) is 10.4. The van der Waals surface area contributed by atoms with Crippen molar-refractivity contribution in [1.29, 1.82) is 0 Å². The van der Waals surface area contributed by atoms with Crippen LogP contribution >= 0.6 is 0 Å². The van der Waals surface area contributed by atoms with Crippen molar-refractivity contribution in [2.75, 3.05) is 17.2 Å². The number of benzene rings is 3. The van der Waals surface area contributed by atoms with E-state index in [2.05, 4.69) is 29.7 Å². The lowest BCUT2D eigenvalue weighted by Crippen LogP contribution is -2.13. The first-order valence-electron chi connectivity index (χ1n) is 9.52. The minimum Gasteiger partial charge on any atom is -0.494 e. The fourth-order valence-electron chi connectivity index (χ4n) is 2.76. The van der Waals surface area contributed by atoms with Crippen molar-refractivity contribution in [1.82, 2.24) is 0 Å². The Bertz CT molecular complexity index is 903. The van der Waals surface area contributed by atoms with Crippen LogP contribution in [0.5, 0.6) is 5.75 Å². The highest BCUT2D eigenvalue weighted by Crippen LogP contribution is 2.25. The molecule has 0 heterocycles. The van der Waals surface area contributed by atoms with Crippen LogP contribution in [0, 0.1) is 13.8 Å². The Labute approximate surface area is 166 Å². The molecule has 0 saturated heterocycles. The second kappa shape index (κ2) is 9.60. The van der Waals surface area contributed by atoms with Crippen molar-refractivity contribution >= 4 is 23.0 Å². The van der Waals surface area contributed by atoms with Crippen LogP contribution in [0.15, 0.2) is 72.8 Å². The monoisotopic (exact) mass is 374 g/mol. The first-order valence-corrected chi connectivity index (χ1v) is 9.52. The van der Waals surface area contributed by atoms with E-state index in [1.54, 1.807) is 0 Å². The smallest absolute Gasteiger partial charge is 0.224 e. The number of hydrogen-bond donors (Lipinski definition) is 2. The van der Waals surface area contributed by atoms with Gasteiger partial charge < -0.3 is 15.4 Å². The van der Waals surface area contributed by atoms with Gasteiger partial charge in [0.1, 0.15) is 5.75 Å². The number of anilines is 3. The van der Waals surface area contributed by atoms with Crippen molar-refractivity contribution in [3.63, 3.8) is 0 Å². The van der Waals surface area contributed by atoms with Gasteiger partial charge in [-0.3, -0.25) is 4.79 Å². The van der Waals surface area contributed by atoms with Gasteiger partial charge in [-0.05, 0) is 56.7 Å². The average molecular weight is 374 g/mol. The molecule has 0 bridgehead atoms. The summed E-state index contributed by atoms with van der Waals surface area (Å²) in [6, 6.07) is 23.8. The molecule has 144 valence electrons. The standard InChI is InChI=1S/C24H26N2O2/c1-18-9-13-20(14-10-18)25-22-6-3-4-7-23(22)26-24(27)8-5-17-28-21-15-11-19(2)12-16-21/h3-4,6-7,9-16,25H,5,8,17H2,1-2H3,(H,26,27). The zero-order valence-electron chi connectivity index (χ0n) is 16.4. The second-order valence-electron chi connectivity index (χ2n) is 6.85. The van der Waals surface area contributed by atoms with Crippen LogP contribution in [0.4, 0.5) is 17.1 Å². The highest BCUT2D eigenvalue weighted by atomic mass is 16.5. The molecule has 4 nitrogen and oxygen atoms in total. The van der Waals surface area contributed by atoms with Crippen molar-refractivity contribution in [3.8, 4) is 5.75 Å². The van der Waals surface area contributed by atoms with Crippen LogP contribution in [0.3, 0.4) is 0 Å². The third-order valence-electron chi connectivity index (χ3n) is 4.37. The number of amides is 1. The summed E-state index contributed by atoms with van der Waals surface area (Å²) >= 11 is 0. The van der Waals surface area contributed by atoms with Crippen LogP contribution < -0.4 is 15.4 Å². The van der Waals surface area contributed by atoms with Crippen LogP contribution in [-0.2, 0) is 4.79 Å². The molecule has 4 heteroatoms. The van der Waals surface area contributed by atoms with Gasteiger partial charge in [-0.2, -0.15) is 0 Å². The first kappa shape index (κ1) is 19.5. The number of carbonyl (C=O) groups is 1. The number of para-hydroxylation sites is 2. The molecule has 0 saturated carbocycles. The van der Waals surface area contributed by atoms with Crippen LogP contribution in [0.25, 0.3) is 0 Å². The second-order valence-corrected chi connectivity index (χ2v) is 6.85. The summed E-state index contributed by atoms with van der Waals surface area (Å²) < 4.78 is 5.68. The molecule has 1 amide bonds. The molecule has 28 heavy (non-hydrogen) atoms. The lowest BCUT2D eigenvalue weighted by Gasteiger charge is -2.13. The zero-order chi connectivity index (χ0) is 19.8. The minimum absolute atomic E-state index is 0.0225. The maximum Gasteiger partial charge on any atom is 0.224 e. The molecule has 3 aromatic carbocycles. The maximum absolute atomic E-state index is 12.3. The van der Waals surface area contributed by atoms with E-state index in [1.165, 1.54) is 11.1 Å².